The van der Waals surface area contributed by atoms with E-state index in [1.165, 1.54) is 12.8 Å². The number of aryl methyl sites for hydroxylation is 2. The molecule has 1 heterocycles. The lowest BCUT2D eigenvalue weighted by Gasteiger charge is -1.99. The molecule has 0 spiro atoms. The maximum Gasteiger partial charge on any atom is 0.341 e. The van der Waals surface area contributed by atoms with Crippen LogP contribution in [0.4, 0.5) is 0 Å². The van der Waals surface area contributed by atoms with Crippen LogP contribution in [0.3, 0.4) is 0 Å². The number of unbranched alkanes of at least 4 members (excludes halogenated alkanes) is 3. The molecule has 0 atom stereocenters. The fraction of sp³-hybridized carbons (Fsp3) is 0.692. The molecule has 0 bridgehead atoms. The lowest BCUT2D eigenvalue weighted by atomic mass is 10.0. The van der Waals surface area contributed by atoms with Gasteiger partial charge in [-0.05, 0) is 19.3 Å². The van der Waals surface area contributed by atoms with Crippen LogP contribution < -0.4 is 0 Å². The molecule has 0 saturated heterocycles. The zero-order valence-corrected chi connectivity index (χ0v) is 10.7. The van der Waals surface area contributed by atoms with E-state index in [0.29, 0.717) is 29.9 Å². The van der Waals surface area contributed by atoms with Gasteiger partial charge in [-0.1, -0.05) is 38.3 Å². The van der Waals surface area contributed by atoms with Crippen LogP contribution in [-0.4, -0.2) is 16.2 Å². The molecular weight excluding hydrogens is 218 g/mol. The molecule has 0 aliphatic rings. The second-order valence-corrected chi connectivity index (χ2v) is 4.29. The maximum atomic E-state index is 11.2. The Kier molecular flexibility index (Phi) is 5.73. The summed E-state index contributed by atoms with van der Waals surface area (Å²) in [6.45, 7) is 4.15. The molecular formula is C13H21NO3. The highest BCUT2D eigenvalue weighted by atomic mass is 16.5. The Balaban J connectivity index is 2.67. The first-order valence-electron chi connectivity index (χ1n) is 6.41. The van der Waals surface area contributed by atoms with Gasteiger partial charge in [0.1, 0.15) is 5.56 Å². The van der Waals surface area contributed by atoms with Crippen LogP contribution in [0.1, 0.15) is 67.8 Å². The van der Waals surface area contributed by atoms with Crippen molar-refractivity contribution in [1.82, 2.24) is 5.16 Å². The first-order chi connectivity index (χ1) is 8.20. The Morgan fingerprint density at radius 2 is 1.94 bits per heavy atom. The van der Waals surface area contributed by atoms with Crippen LogP contribution in [-0.2, 0) is 12.8 Å². The largest absolute Gasteiger partial charge is 0.477 e. The number of rotatable bonds is 8. The SMILES string of the molecule is CCCCCCc1noc(CCC)c1C(=O)O. The minimum absolute atomic E-state index is 0.295. The molecule has 4 nitrogen and oxygen atoms in total. The van der Waals surface area contributed by atoms with E-state index in [0.717, 1.165) is 19.3 Å². The van der Waals surface area contributed by atoms with Crippen LogP contribution in [0.25, 0.3) is 0 Å². The average Bonchev–Trinajstić information content (AvgIpc) is 2.68. The van der Waals surface area contributed by atoms with Crippen molar-refractivity contribution in [1.29, 1.82) is 0 Å². The Labute approximate surface area is 102 Å². The van der Waals surface area contributed by atoms with Crippen LogP contribution >= 0.6 is 0 Å². The number of aromatic carboxylic acids is 1. The minimum atomic E-state index is -0.916. The summed E-state index contributed by atoms with van der Waals surface area (Å²) < 4.78 is 5.12. The van der Waals surface area contributed by atoms with E-state index < -0.39 is 5.97 Å². The zero-order chi connectivity index (χ0) is 12.7. The number of aromatic nitrogens is 1. The number of carboxylic acid groups (broad SMARTS) is 1. The second-order valence-electron chi connectivity index (χ2n) is 4.29. The third-order valence-electron chi connectivity index (χ3n) is 2.79. The summed E-state index contributed by atoms with van der Waals surface area (Å²) in [5, 5.41) is 13.1. The van der Waals surface area contributed by atoms with Crippen LogP contribution in [0.15, 0.2) is 4.52 Å². The van der Waals surface area contributed by atoms with Crippen molar-refractivity contribution in [3.8, 4) is 0 Å². The molecule has 0 radical (unpaired) electrons. The average molecular weight is 239 g/mol. The van der Waals surface area contributed by atoms with Gasteiger partial charge in [0, 0.05) is 6.42 Å². The highest BCUT2D eigenvalue weighted by Gasteiger charge is 2.20. The molecule has 1 aromatic rings. The van der Waals surface area contributed by atoms with Gasteiger partial charge in [-0.2, -0.15) is 0 Å². The molecule has 1 aromatic heterocycles. The molecule has 17 heavy (non-hydrogen) atoms. The highest BCUT2D eigenvalue weighted by molar-refractivity contribution is 5.89. The van der Waals surface area contributed by atoms with E-state index >= 15 is 0 Å². The summed E-state index contributed by atoms with van der Waals surface area (Å²) in [5.41, 5.74) is 0.903. The van der Waals surface area contributed by atoms with Crippen molar-refractivity contribution >= 4 is 5.97 Å². The third kappa shape index (κ3) is 3.88. The fourth-order valence-electron chi connectivity index (χ4n) is 1.89. The standard InChI is InChI=1S/C13H21NO3/c1-3-5-6-7-9-10-12(13(15)16)11(8-4-2)17-14-10/h3-9H2,1-2H3,(H,15,16). The van der Waals surface area contributed by atoms with Crippen LogP contribution in [0, 0.1) is 0 Å². The van der Waals surface area contributed by atoms with Crippen LogP contribution in [0.5, 0.6) is 0 Å². The second kappa shape index (κ2) is 7.09. The van der Waals surface area contributed by atoms with Crippen molar-refractivity contribution < 1.29 is 14.4 Å². The first kappa shape index (κ1) is 13.7. The Morgan fingerprint density at radius 3 is 2.53 bits per heavy atom. The zero-order valence-electron chi connectivity index (χ0n) is 10.7. The van der Waals surface area contributed by atoms with E-state index in [1.54, 1.807) is 0 Å². The van der Waals surface area contributed by atoms with Crippen molar-refractivity contribution in [3.63, 3.8) is 0 Å². The van der Waals surface area contributed by atoms with Gasteiger partial charge in [0.05, 0.1) is 5.69 Å². The molecule has 0 fully saturated rings. The summed E-state index contributed by atoms with van der Waals surface area (Å²) in [5.74, 6) is -0.398. The highest BCUT2D eigenvalue weighted by Crippen LogP contribution is 2.18. The fourth-order valence-corrected chi connectivity index (χ4v) is 1.89. The van der Waals surface area contributed by atoms with Gasteiger partial charge in [-0.25, -0.2) is 4.79 Å². The summed E-state index contributed by atoms with van der Waals surface area (Å²) in [4.78, 5) is 11.2. The molecule has 1 rings (SSSR count). The van der Waals surface area contributed by atoms with Gasteiger partial charge in [-0.3, -0.25) is 0 Å². The number of carbonyl (C=O) groups is 1. The summed E-state index contributed by atoms with van der Waals surface area (Å²) in [7, 11) is 0. The van der Waals surface area contributed by atoms with Crippen molar-refractivity contribution in [2.24, 2.45) is 0 Å². The molecule has 0 aromatic carbocycles. The van der Waals surface area contributed by atoms with Crippen molar-refractivity contribution in [3.05, 3.63) is 17.0 Å². The molecule has 4 heteroatoms. The minimum Gasteiger partial charge on any atom is -0.477 e. The monoisotopic (exact) mass is 239 g/mol. The van der Waals surface area contributed by atoms with Gasteiger partial charge in [0.15, 0.2) is 5.76 Å². The van der Waals surface area contributed by atoms with E-state index in [2.05, 4.69) is 12.1 Å². The third-order valence-corrected chi connectivity index (χ3v) is 2.79. The van der Waals surface area contributed by atoms with E-state index in [-0.39, 0.29) is 0 Å². The number of hydrogen-bond donors (Lipinski definition) is 1. The molecule has 96 valence electrons. The predicted molar refractivity (Wildman–Crippen MR) is 65.3 cm³/mol. The van der Waals surface area contributed by atoms with Crippen LogP contribution in [0.2, 0.25) is 0 Å². The first-order valence-corrected chi connectivity index (χ1v) is 6.41. The van der Waals surface area contributed by atoms with E-state index in [1.807, 2.05) is 6.92 Å². The Hall–Kier alpha value is -1.32. The van der Waals surface area contributed by atoms with E-state index in [4.69, 9.17) is 9.63 Å². The molecule has 0 aliphatic carbocycles. The normalized spacial score (nSPS) is 10.7. The topological polar surface area (TPSA) is 63.3 Å². The number of carboxylic acids is 1. The van der Waals surface area contributed by atoms with Crippen molar-refractivity contribution in [2.45, 2.75) is 58.8 Å². The summed E-state index contributed by atoms with van der Waals surface area (Å²) in [6, 6.07) is 0. The van der Waals surface area contributed by atoms with Gasteiger partial charge in [-0.15, -0.1) is 0 Å². The number of nitrogens with zero attached hydrogens (tertiary/aromatic N) is 1. The lowest BCUT2D eigenvalue weighted by Crippen LogP contribution is -2.03. The molecule has 0 amide bonds. The van der Waals surface area contributed by atoms with Gasteiger partial charge in [0.25, 0.3) is 0 Å². The van der Waals surface area contributed by atoms with Crippen molar-refractivity contribution in [2.75, 3.05) is 0 Å². The summed E-state index contributed by atoms with van der Waals surface area (Å²) >= 11 is 0. The Morgan fingerprint density at radius 1 is 1.18 bits per heavy atom. The van der Waals surface area contributed by atoms with E-state index in [9.17, 15) is 4.79 Å². The maximum absolute atomic E-state index is 11.2. The smallest absolute Gasteiger partial charge is 0.341 e. The molecule has 0 aliphatic heterocycles. The molecule has 0 unspecified atom stereocenters. The quantitative estimate of drug-likeness (QED) is 0.706. The van der Waals surface area contributed by atoms with Gasteiger partial charge in [0.2, 0.25) is 0 Å². The molecule has 0 saturated carbocycles. The number of hydrogen-bond acceptors (Lipinski definition) is 3. The van der Waals surface area contributed by atoms with Gasteiger partial charge < -0.3 is 9.63 Å². The molecule has 1 N–H and O–H groups in total. The predicted octanol–water partition coefficient (Wildman–Crippen LogP) is 3.45. The summed E-state index contributed by atoms with van der Waals surface area (Å²) in [6.07, 6.45) is 6.66. The Bertz CT molecular complexity index is 358. The lowest BCUT2D eigenvalue weighted by molar-refractivity contribution is 0.0693. The van der Waals surface area contributed by atoms with Gasteiger partial charge >= 0.3 is 5.97 Å².